The van der Waals surface area contributed by atoms with Gasteiger partial charge in [0.25, 0.3) is 0 Å². The Balaban J connectivity index is 3.01. The number of hydrogen-bond donors (Lipinski definition) is 1. The van der Waals surface area contributed by atoms with Crippen molar-refractivity contribution in [3.8, 4) is 5.75 Å². The summed E-state index contributed by atoms with van der Waals surface area (Å²) in [7, 11) is 0. The van der Waals surface area contributed by atoms with E-state index in [2.05, 4.69) is 6.58 Å². The first-order valence-electron chi connectivity index (χ1n) is 5.12. The largest absolute Gasteiger partial charge is 0.486 e. The molecular formula is C13H18O2. The van der Waals surface area contributed by atoms with E-state index >= 15 is 0 Å². The van der Waals surface area contributed by atoms with Crippen molar-refractivity contribution in [3.63, 3.8) is 0 Å². The summed E-state index contributed by atoms with van der Waals surface area (Å²) < 4.78 is 5.66. The molecule has 1 rings (SSSR count). The van der Waals surface area contributed by atoms with Crippen LogP contribution in [-0.4, -0.2) is 11.2 Å². The van der Waals surface area contributed by atoms with Crippen molar-refractivity contribution in [2.45, 2.75) is 33.0 Å². The Bertz CT molecular complexity index is 342. The Labute approximate surface area is 91.2 Å². The van der Waals surface area contributed by atoms with Crippen molar-refractivity contribution in [2.24, 2.45) is 0 Å². The fourth-order valence-electron chi connectivity index (χ4n) is 1.34. The minimum absolute atomic E-state index is 0.0516. The molecule has 2 heteroatoms. The minimum atomic E-state index is -0.516. The SMILES string of the molecule is C=CC(C)Oc1cc(C)ccc1[C@@H](C)O. The van der Waals surface area contributed by atoms with Crippen LogP contribution in [0.4, 0.5) is 0 Å². The Kier molecular flexibility index (Phi) is 3.92. The second kappa shape index (κ2) is 4.99. The number of benzene rings is 1. The van der Waals surface area contributed by atoms with Crippen molar-refractivity contribution in [1.82, 2.24) is 0 Å². The molecule has 0 aliphatic rings. The summed E-state index contributed by atoms with van der Waals surface area (Å²) in [5, 5.41) is 9.58. The van der Waals surface area contributed by atoms with E-state index in [1.807, 2.05) is 32.0 Å². The summed E-state index contributed by atoms with van der Waals surface area (Å²) in [5.41, 5.74) is 1.93. The van der Waals surface area contributed by atoms with Gasteiger partial charge in [-0.2, -0.15) is 0 Å². The summed E-state index contributed by atoms with van der Waals surface area (Å²) in [4.78, 5) is 0. The van der Waals surface area contributed by atoms with E-state index in [9.17, 15) is 5.11 Å². The monoisotopic (exact) mass is 206 g/mol. The van der Waals surface area contributed by atoms with Crippen LogP contribution in [-0.2, 0) is 0 Å². The molecule has 0 aromatic heterocycles. The molecular weight excluding hydrogens is 188 g/mol. The van der Waals surface area contributed by atoms with Crippen molar-refractivity contribution in [2.75, 3.05) is 0 Å². The molecule has 0 bridgehead atoms. The van der Waals surface area contributed by atoms with Gasteiger partial charge in [0.2, 0.25) is 0 Å². The molecule has 1 N–H and O–H groups in total. The zero-order valence-corrected chi connectivity index (χ0v) is 9.53. The molecule has 0 spiro atoms. The molecule has 2 nitrogen and oxygen atoms in total. The molecule has 0 aliphatic heterocycles. The smallest absolute Gasteiger partial charge is 0.126 e. The molecule has 1 aromatic carbocycles. The molecule has 0 aliphatic carbocycles. The van der Waals surface area contributed by atoms with Gasteiger partial charge in [-0.25, -0.2) is 0 Å². The molecule has 15 heavy (non-hydrogen) atoms. The van der Waals surface area contributed by atoms with Gasteiger partial charge in [0.05, 0.1) is 6.10 Å². The molecule has 0 radical (unpaired) electrons. The zero-order chi connectivity index (χ0) is 11.4. The van der Waals surface area contributed by atoms with Crippen LogP contribution in [0.3, 0.4) is 0 Å². The van der Waals surface area contributed by atoms with Gasteiger partial charge in [-0.3, -0.25) is 0 Å². The Morgan fingerprint density at radius 2 is 2.07 bits per heavy atom. The van der Waals surface area contributed by atoms with Crippen molar-refractivity contribution in [1.29, 1.82) is 0 Å². The molecule has 2 atom stereocenters. The summed E-state index contributed by atoms with van der Waals surface area (Å²) in [5.74, 6) is 0.734. The standard InChI is InChI=1S/C13H18O2/c1-5-10(3)15-13-8-9(2)6-7-12(13)11(4)14/h5-8,10-11,14H,1H2,2-4H3/t10?,11-/m1/s1. The highest BCUT2D eigenvalue weighted by atomic mass is 16.5. The van der Waals surface area contributed by atoms with E-state index in [0.29, 0.717) is 0 Å². The van der Waals surface area contributed by atoms with E-state index in [1.165, 1.54) is 0 Å². The maximum atomic E-state index is 9.58. The molecule has 0 saturated heterocycles. The van der Waals surface area contributed by atoms with E-state index in [-0.39, 0.29) is 6.10 Å². The van der Waals surface area contributed by atoms with Gasteiger partial charge in [0.15, 0.2) is 0 Å². The second-order valence-electron chi connectivity index (χ2n) is 3.78. The third-order valence-electron chi connectivity index (χ3n) is 2.26. The minimum Gasteiger partial charge on any atom is -0.486 e. The topological polar surface area (TPSA) is 29.5 Å². The highest BCUT2D eigenvalue weighted by Gasteiger charge is 2.10. The lowest BCUT2D eigenvalue weighted by atomic mass is 10.1. The van der Waals surface area contributed by atoms with Gasteiger partial charge in [0, 0.05) is 5.56 Å². The number of rotatable bonds is 4. The van der Waals surface area contributed by atoms with Crippen molar-refractivity contribution < 1.29 is 9.84 Å². The van der Waals surface area contributed by atoms with Crippen molar-refractivity contribution in [3.05, 3.63) is 42.0 Å². The van der Waals surface area contributed by atoms with Crippen LogP contribution in [0.1, 0.15) is 31.1 Å². The molecule has 1 unspecified atom stereocenters. The zero-order valence-electron chi connectivity index (χ0n) is 9.53. The van der Waals surface area contributed by atoms with Gasteiger partial charge in [0.1, 0.15) is 11.9 Å². The Morgan fingerprint density at radius 3 is 2.60 bits per heavy atom. The molecule has 0 heterocycles. The van der Waals surface area contributed by atoms with Gasteiger partial charge in [-0.15, -0.1) is 0 Å². The van der Waals surface area contributed by atoms with E-state index in [4.69, 9.17) is 4.74 Å². The fourth-order valence-corrected chi connectivity index (χ4v) is 1.34. The van der Waals surface area contributed by atoms with Gasteiger partial charge in [-0.05, 0) is 32.4 Å². The highest BCUT2D eigenvalue weighted by Crippen LogP contribution is 2.27. The number of ether oxygens (including phenoxy) is 1. The summed E-state index contributed by atoms with van der Waals surface area (Å²) in [6, 6.07) is 5.79. The van der Waals surface area contributed by atoms with Crippen LogP contribution in [0.25, 0.3) is 0 Å². The number of hydrogen-bond acceptors (Lipinski definition) is 2. The molecule has 0 amide bonds. The van der Waals surface area contributed by atoms with E-state index < -0.39 is 6.10 Å². The Morgan fingerprint density at radius 1 is 1.40 bits per heavy atom. The summed E-state index contributed by atoms with van der Waals surface area (Å²) in [6.45, 7) is 9.31. The number of aliphatic hydroxyl groups is 1. The fraction of sp³-hybridized carbons (Fsp3) is 0.385. The van der Waals surface area contributed by atoms with Crippen LogP contribution in [0.15, 0.2) is 30.9 Å². The Hall–Kier alpha value is -1.28. The van der Waals surface area contributed by atoms with Crippen LogP contribution in [0, 0.1) is 6.92 Å². The number of aryl methyl sites for hydroxylation is 1. The average molecular weight is 206 g/mol. The van der Waals surface area contributed by atoms with E-state index in [0.717, 1.165) is 16.9 Å². The summed E-state index contributed by atoms with van der Waals surface area (Å²) >= 11 is 0. The van der Waals surface area contributed by atoms with Crippen LogP contribution in [0.2, 0.25) is 0 Å². The molecule has 82 valence electrons. The van der Waals surface area contributed by atoms with Gasteiger partial charge >= 0.3 is 0 Å². The average Bonchev–Trinajstić information content (AvgIpc) is 2.17. The highest BCUT2D eigenvalue weighted by molar-refractivity contribution is 5.38. The normalized spacial score (nSPS) is 14.4. The summed E-state index contributed by atoms with van der Waals surface area (Å²) in [6.07, 6.45) is 1.16. The molecule has 0 saturated carbocycles. The third kappa shape index (κ3) is 3.10. The molecule has 0 fully saturated rings. The first kappa shape index (κ1) is 11.8. The third-order valence-corrected chi connectivity index (χ3v) is 2.26. The predicted octanol–water partition coefficient (Wildman–Crippen LogP) is 3.00. The number of aliphatic hydroxyl groups excluding tert-OH is 1. The lowest BCUT2D eigenvalue weighted by Gasteiger charge is -2.16. The predicted molar refractivity (Wildman–Crippen MR) is 62.1 cm³/mol. The first-order valence-corrected chi connectivity index (χ1v) is 5.12. The first-order chi connectivity index (χ1) is 7.04. The lowest BCUT2D eigenvalue weighted by molar-refractivity contribution is 0.187. The van der Waals surface area contributed by atoms with Crippen LogP contribution in [0.5, 0.6) is 5.75 Å². The van der Waals surface area contributed by atoms with Gasteiger partial charge < -0.3 is 9.84 Å². The quantitative estimate of drug-likeness (QED) is 0.767. The second-order valence-corrected chi connectivity index (χ2v) is 3.78. The van der Waals surface area contributed by atoms with Crippen LogP contribution >= 0.6 is 0 Å². The van der Waals surface area contributed by atoms with Crippen LogP contribution < -0.4 is 4.74 Å². The van der Waals surface area contributed by atoms with Gasteiger partial charge in [-0.1, -0.05) is 24.8 Å². The van der Waals surface area contributed by atoms with E-state index in [1.54, 1.807) is 13.0 Å². The van der Waals surface area contributed by atoms with Crippen molar-refractivity contribution >= 4 is 0 Å². The maximum absolute atomic E-state index is 9.58. The molecule has 1 aromatic rings. The lowest BCUT2D eigenvalue weighted by Crippen LogP contribution is -2.10. The maximum Gasteiger partial charge on any atom is 0.126 e.